The lowest BCUT2D eigenvalue weighted by atomic mass is 9.92. The summed E-state index contributed by atoms with van der Waals surface area (Å²) in [7, 11) is 0. The quantitative estimate of drug-likeness (QED) is 0.206. The number of hydrogen-bond acceptors (Lipinski definition) is 2. The smallest absolute Gasteiger partial charge is 0.235 e. The molecule has 0 amide bonds. The molecule has 3 nitrogen and oxygen atoms in total. The first-order chi connectivity index (χ1) is 21.3. The molecule has 9 aromatic rings. The van der Waals surface area contributed by atoms with Crippen molar-refractivity contribution in [3.63, 3.8) is 0 Å². The van der Waals surface area contributed by atoms with Crippen molar-refractivity contribution < 1.29 is 0 Å². The summed E-state index contributed by atoms with van der Waals surface area (Å²) in [4.78, 5) is 9.83. The predicted molar refractivity (Wildman–Crippen MR) is 180 cm³/mol. The maximum Gasteiger partial charge on any atom is 0.235 e. The van der Waals surface area contributed by atoms with Gasteiger partial charge in [0.1, 0.15) is 0 Å². The molecule has 0 spiro atoms. The van der Waals surface area contributed by atoms with Crippen LogP contribution >= 0.6 is 0 Å². The second-order valence-electron chi connectivity index (χ2n) is 11.0. The van der Waals surface area contributed by atoms with E-state index in [0.717, 1.165) is 27.9 Å². The molecule has 0 bridgehead atoms. The number of para-hydroxylation sites is 2. The van der Waals surface area contributed by atoms with Crippen LogP contribution in [0.15, 0.2) is 152 Å². The Labute approximate surface area is 248 Å². The first kappa shape index (κ1) is 23.9. The zero-order chi connectivity index (χ0) is 28.3. The molecule has 0 saturated carbocycles. The van der Waals surface area contributed by atoms with Gasteiger partial charge in [-0.3, -0.25) is 4.57 Å². The molecule has 2 heterocycles. The van der Waals surface area contributed by atoms with Crippen molar-refractivity contribution in [2.45, 2.75) is 0 Å². The molecule has 0 N–H and O–H groups in total. The van der Waals surface area contributed by atoms with E-state index >= 15 is 0 Å². The van der Waals surface area contributed by atoms with Gasteiger partial charge in [-0.05, 0) is 73.8 Å². The number of nitrogens with zero attached hydrogens (tertiary/aromatic N) is 3. The van der Waals surface area contributed by atoms with Crippen LogP contribution in [0.25, 0.3) is 82.5 Å². The van der Waals surface area contributed by atoms with Crippen molar-refractivity contribution in [1.29, 1.82) is 0 Å². The maximum absolute atomic E-state index is 5.10. The van der Waals surface area contributed by atoms with Crippen molar-refractivity contribution in [3.05, 3.63) is 152 Å². The lowest BCUT2D eigenvalue weighted by molar-refractivity contribution is 0.992. The first-order valence-corrected chi connectivity index (χ1v) is 14.6. The Morgan fingerprint density at radius 2 is 0.884 bits per heavy atom. The second kappa shape index (κ2) is 9.37. The molecule has 3 heteroatoms. The maximum atomic E-state index is 5.10. The summed E-state index contributed by atoms with van der Waals surface area (Å²) in [5.74, 6) is 0.671. The lowest BCUT2D eigenvalue weighted by Crippen LogP contribution is -2.01. The summed E-state index contributed by atoms with van der Waals surface area (Å²) in [6.07, 6.45) is 1.86. The number of rotatable bonds is 3. The van der Waals surface area contributed by atoms with E-state index in [-0.39, 0.29) is 0 Å². The Hall–Kier alpha value is -5.80. The molecule has 0 aliphatic rings. The van der Waals surface area contributed by atoms with E-state index in [1.165, 1.54) is 48.7 Å². The summed E-state index contributed by atoms with van der Waals surface area (Å²) < 4.78 is 2.16. The monoisotopic (exact) mass is 547 g/mol. The Kier molecular flexibility index (Phi) is 5.20. The van der Waals surface area contributed by atoms with Crippen molar-refractivity contribution in [1.82, 2.24) is 14.5 Å². The van der Waals surface area contributed by atoms with Crippen molar-refractivity contribution >= 4 is 54.1 Å². The number of aromatic nitrogens is 3. The van der Waals surface area contributed by atoms with Gasteiger partial charge in [0.15, 0.2) is 0 Å². The van der Waals surface area contributed by atoms with Gasteiger partial charge in [-0.2, -0.15) is 0 Å². The second-order valence-corrected chi connectivity index (χ2v) is 11.0. The molecule has 0 unspecified atom stereocenters. The van der Waals surface area contributed by atoms with Crippen LogP contribution in [0.2, 0.25) is 0 Å². The minimum absolute atomic E-state index is 0.671. The fraction of sp³-hybridized carbons (Fsp3) is 0. The minimum Gasteiger partial charge on any atom is -0.278 e. The highest BCUT2D eigenvalue weighted by atomic mass is 15.2. The van der Waals surface area contributed by atoms with Gasteiger partial charge in [0.25, 0.3) is 0 Å². The molecule has 43 heavy (non-hydrogen) atoms. The normalized spacial score (nSPS) is 11.7. The van der Waals surface area contributed by atoms with E-state index in [1.54, 1.807) is 0 Å². The lowest BCUT2D eigenvalue weighted by Gasteiger charge is -2.12. The van der Waals surface area contributed by atoms with E-state index in [2.05, 4.69) is 144 Å². The van der Waals surface area contributed by atoms with E-state index < -0.39 is 0 Å². The van der Waals surface area contributed by atoms with Gasteiger partial charge in [-0.1, -0.05) is 115 Å². The van der Waals surface area contributed by atoms with Crippen molar-refractivity contribution in [3.8, 4) is 28.3 Å². The molecule has 0 aliphatic heterocycles. The summed E-state index contributed by atoms with van der Waals surface area (Å²) in [5, 5.41) is 10.1. The molecule has 9 rings (SSSR count). The fourth-order valence-electron chi connectivity index (χ4n) is 6.70. The topological polar surface area (TPSA) is 30.7 Å². The third-order valence-electron chi connectivity index (χ3n) is 8.66. The molecule has 7 aromatic carbocycles. The van der Waals surface area contributed by atoms with Crippen LogP contribution in [0.1, 0.15) is 0 Å². The third kappa shape index (κ3) is 3.68. The number of fused-ring (bicyclic) bond motifs is 9. The molecule has 0 aliphatic carbocycles. The Balaban J connectivity index is 1.19. The van der Waals surface area contributed by atoms with Crippen LogP contribution < -0.4 is 0 Å². The standard InChI is InChI=1S/C40H25N3/c1-2-14-31-29(12-1)30-13-3-4-15-32(30)36-25-27(20-21-33(31)36)26-10-9-11-28(24-26)37-22-23-41-40(42-37)43-38-18-7-5-16-34(38)35-17-6-8-19-39(35)43/h1-25H. The summed E-state index contributed by atoms with van der Waals surface area (Å²) >= 11 is 0. The molecule has 0 radical (unpaired) electrons. The largest absolute Gasteiger partial charge is 0.278 e. The summed E-state index contributed by atoms with van der Waals surface area (Å²) in [6.45, 7) is 0. The average molecular weight is 548 g/mol. The van der Waals surface area contributed by atoms with Gasteiger partial charge < -0.3 is 0 Å². The van der Waals surface area contributed by atoms with E-state index in [4.69, 9.17) is 9.97 Å². The number of benzene rings is 7. The van der Waals surface area contributed by atoms with Crippen LogP contribution in [-0.2, 0) is 0 Å². The van der Waals surface area contributed by atoms with Crippen LogP contribution in [0, 0.1) is 0 Å². The van der Waals surface area contributed by atoms with Gasteiger partial charge >= 0.3 is 0 Å². The van der Waals surface area contributed by atoms with Crippen LogP contribution in [0.3, 0.4) is 0 Å². The van der Waals surface area contributed by atoms with Gasteiger partial charge in [0.05, 0.1) is 16.7 Å². The van der Waals surface area contributed by atoms with Crippen LogP contribution in [-0.4, -0.2) is 14.5 Å². The fourth-order valence-corrected chi connectivity index (χ4v) is 6.70. The Bertz CT molecular complexity index is 2430. The SMILES string of the molecule is c1cc(-c2ccc3c4ccccc4c4ccccc4c3c2)cc(-c2ccnc(-n3c4ccccc4c4ccccc43)n2)c1. The highest BCUT2D eigenvalue weighted by Gasteiger charge is 2.15. The molecular formula is C40H25N3. The van der Waals surface area contributed by atoms with Gasteiger partial charge in [-0.15, -0.1) is 0 Å². The van der Waals surface area contributed by atoms with E-state index in [1.807, 2.05) is 12.3 Å². The highest BCUT2D eigenvalue weighted by molar-refractivity contribution is 6.25. The van der Waals surface area contributed by atoms with E-state index in [9.17, 15) is 0 Å². The molecule has 0 saturated heterocycles. The van der Waals surface area contributed by atoms with E-state index in [0.29, 0.717) is 5.95 Å². The van der Waals surface area contributed by atoms with Crippen molar-refractivity contribution in [2.24, 2.45) is 0 Å². The molecule has 2 aromatic heterocycles. The van der Waals surface area contributed by atoms with Gasteiger partial charge in [-0.25, -0.2) is 9.97 Å². The molecular weight excluding hydrogens is 522 g/mol. The van der Waals surface area contributed by atoms with Gasteiger partial charge in [0.2, 0.25) is 5.95 Å². The predicted octanol–water partition coefficient (Wildman–Crippen LogP) is 10.4. The average Bonchev–Trinajstić information content (AvgIpc) is 3.43. The van der Waals surface area contributed by atoms with Gasteiger partial charge in [0, 0.05) is 22.5 Å². The molecule has 0 fully saturated rings. The zero-order valence-electron chi connectivity index (χ0n) is 23.3. The van der Waals surface area contributed by atoms with Crippen LogP contribution in [0.5, 0.6) is 0 Å². The van der Waals surface area contributed by atoms with Crippen LogP contribution in [0.4, 0.5) is 0 Å². The molecule has 200 valence electrons. The summed E-state index contributed by atoms with van der Waals surface area (Å²) in [6, 6.07) is 51.9. The minimum atomic E-state index is 0.671. The number of hydrogen-bond donors (Lipinski definition) is 0. The molecule has 0 atom stereocenters. The Morgan fingerprint density at radius 1 is 0.372 bits per heavy atom. The third-order valence-corrected chi connectivity index (χ3v) is 8.66. The van der Waals surface area contributed by atoms with Crippen molar-refractivity contribution in [2.75, 3.05) is 0 Å². The Morgan fingerprint density at radius 3 is 1.53 bits per heavy atom. The zero-order valence-corrected chi connectivity index (χ0v) is 23.3. The first-order valence-electron chi connectivity index (χ1n) is 14.6. The summed E-state index contributed by atoms with van der Waals surface area (Å²) in [5.41, 5.74) is 6.51. The highest BCUT2D eigenvalue weighted by Crippen LogP contribution is 2.38.